The quantitative estimate of drug-likeness (QED) is 0.656. The molecule has 74 valence electrons. The maximum Gasteiger partial charge on any atom is 0.157 e. The van der Waals surface area contributed by atoms with E-state index in [2.05, 4.69) is 11.8 Å². The van der Waals surface area contributed by atoms with Crippen LogP contribution in [0.5, 0.6) is 0 Å². The number of hydrogen-bond acceptors (Lipinski definition) is 1. The summed E-state index contributed by atoms with van der Waals surface area (Å²) in [6.07, 6.45) is 0. The van der Waals surface area contributed by atoms with Gasteiger partial charge in [0.05, 0.1) is 10.6 Å². The first-order valence-electron chi connectivity index (χ1n) is 4.10. The minimum absolute atomic E-state index is 0.0348. The van der Waals surface area contributed by atoms with Crippen LogP contribution < -0.4 is 0 Å². The van der Waals surface area contributed by atoms with Gasteiger partial charge in [-0.3, -0.25) is 0 Å². The fraction of sp³-hybridized carbons (Fsp3) is 0.273. The molecule has 1 aromatic rings. The molecule has 0 saturated heterocycles. The van der Waals surface area contributed by atoms with E-state index >= 15 is 0 Å². The van der Waals surface area contributed by atoms with E-state index in [-0.39, 0.29) is 10.6 Å². The number of rotatable bonds is 0. The minimum Gasteiger partial charge on any atom is -0.378 e. The molecule has 0 aromatic heterocycles. The lowest BCUT2D eigenvalue weighted by molar-refractivity contribution is 0.143. The van der Waals surface area contributed by atoms with E-state index in [1.807, 2.05) is 0 Å². The second-order valence-corrected chi connectivity index (χ2v) is 3.82. The van der Waals surface area contributed by atoms with Crippen molar-refractivity contribution < 1.29 is 9.50 Å². The molecule has 0 aliphatic carbocycles. The van der Waals surface area contributed by atoms with Crippen LogP contribution in [0.1, 0.15) is 19.4 Å². The number of halogens is 2. The van der Waals surface area contributed by atoms with Crippen molar-refractivity contribution in [1.82, 2.24) is 0 Å². The third kappa shape index (κ3) is 3.02. The Morgan fingerprint density at radius 1 is 1.43 bits per heavy atom. The molecule has 0 aliphatic heterocycles. The van der Waals surface area contributed by atoms with Gasteiger partial charge < -0.3 is 5.11 Å². The predicted octanol–water partition coefficient (Wildman–Crippen LogP) is 2.60. The van der Waals surface area contributed by atoms with Gasteiger partial charge in [-0.25, -0.2) is 4.39 Å². The molecule has 1 rings (SSSR count). The first-order chi connectivity index (χ1) is 6.40. The van der Waals surface area contributed by atoms with Crippen molar-refractivity contribution in [3.63, 3.8) is 0 Å². The van der Waals surface area contributed by atoms with Crippen molar-refractivity contribution in [1.29, 1.82) is 0 Å². The van der Waals surface area contributed by atoms with Gasteiger partial charge >= 0.3 is 0 Å². The lowest BCUT2D eigenvalue weighted by Crippen LogP contribution is -2.14. The van der Waals surface area contributed by atoms with Gasteiger partial charge in [0.25, 0.3) is 0 Å². The number of aliphatic hydroxyl groups is 1. The Balaban J connectivity index is 3.08. The molecule has 0 saturated carbocycles. The van der Waals surface area contributed by atoms with Gasteiger partial charge in [-0.2, -0.15) is 0 Å². The second-order valence-electron chi connectivity index (χ2n) is 3.41. The van der Waals surface area contributed by atoms with Gasteiger partial charge in [-0.05, 0) is 26.0 Å². The zero-order valence-electron chi connectivity index (χ0n) is 7.94. The average Bonchev–Trinajstić information content (AvgIpc) is 2.06. The molecular weight excluding hydrogens is 203 g/mol. The van der Waals surface area contributed by atoms with Gasteiger partial charge in [-0.1, -0.05) is 29.5 Å². The van der Waals surface area contributed by atoms with Crippen LogP contribution in [0.25, 0.3) is 0 Å². The fourth-order valence-electron chi connectivity index (χ4n) is 0.821. The molecule has 0 radical (unpaired) electrons. The molecule has 1 nitrogen and oxygen atoms in total. The lowest BCUT2D eigenvalue weighted by Gasteiger charge is -2.06. The standard InChI is InChI=1S/C11H10ClFO/c1-11(2,14)7-6-8-4-3-5-9(12)10(8)13/h3-5,14H,1-2H3. The molecule has 0 bridgehead atoms. The zero-order chi connectivity index (χ0) is 10.8. The Kier molecular flexibility index (Phi) is 3.15. The highest BCUT2D eigenvalue weighted by molar-refractivity contribution is 6.30. The molecule has 1 aromatic carbocycles. The highest BCUT2D eigenvalue weighted by atomic mass is 35.5. The van der Waals surface area contributed by atoms with Gasteiger partial charge in [0.2, 0.25) is 0 Å². The first kappa shape index (κ1) is 11.0. The Bertz CT molecular complexity index is 396. The summed E-state index contributed by atoms with van der Waals surface area (Å²) in [4.78, 5) is 0. The third-order valence-corrected chi connectivity index (χ3v) is 1.75. The minimum atomic E-state index is -1.13. The van der Waals surface area contributed by atoms with E-state index in [1.54, 1.807) is 6.07 Å². The first-order valence-corrected chi connectivity index (χ1v) is 4.47. The molecule has 3 heteroatoms. The van der Waals surface area contributed by atoms with Crippen molar-refractivity contribution in [2.45, 2.75) is 19.4 Å². The van der Waals surface area contributed by atoms with Crippen molar-refractivity contribution >= 4 is 11.6 Å². The Hall–Kier alpha value is -1.04. The second kappa shape index (κ2) is 4.00. The van der Waals surface area contributed by atoms with E-state index in [9.17, 15) is 9.50 Å². The van der Waals surface area contributed by atoms with E-state index in [0.717, 1.165) is 0 Å². The summed E-state index contributed by atoms with van der Waals surface area (Å²) in [5.41, 5.74) is -0.936. The average molecular weight is 213 g/mol. The highest BCUT2D eigenvalue weighted by Gasteiger charge is 2.07. The predicted molar refractivity (Wildman–Crippen MR) is 54.6 cm³/mol. The Labute approximate surface area is 87.5 Å². The maximum absolute atomic E-state index is 13.3. The van der Waals surface area contributed by atoms with Crippen molar-refractivity contribution in [3.8, 4) is 11.8 Å². The largest absolute Gasteiger partial charge is 0.378 e. The van der Waals surface area contributed by atoms with Crippen LogP contribution in [0.2, 0.25) is 5.02 Å². The van der Waals surface area contributed by atoms with Crippen LogP contribution in [0.4, 0.5) is 4.39 Å². The highest BCUT2D eigenvalue weighted by Crippen LogP contribution is 2.17. The van der Waals surface area contributed by atoms with Gasteiger partial charge in [-0.15, -0.1) is 0 Å². The van der Waals surface area contributed by atoms with Crippen LogP contribution in [0.3, 0.4) is 0 Å². The lowest BCUT2D eigenvalue weighted by atomic mass is 10.1. The summed E-state index contributed by atoms with van der Waals surface area (Å²) in [5.74, 6) is 4.50. The SMILES string of the molecule is CC(C)(O)C#Cc1cccc(Cl)c1F. The van der Waals surface area contributed by atoms with Crippen LogP contribution in [-0.2, 0) is 0 Å². The van der Waals surface area contributed by atoms with E-state index in [4.69, 9.17) is 11.6 Å². The molecule has 14 heavy (non-hydrogen) atoms. The summed E-state index contributed by atoms with van der Waals surface area (Å²) in [5, 5.41) is 9.34. The molecule has 0 heterocycles. The molecular formula is C11H10ClFO. The van der Waals surface area contributed by atoms with Crippen molar-refractivity contribution in [2.75, 3.05) is 0 Å². The van der Waals surface area contributed by atoms with E-state index in [0.29, 0.717) is 0 Å². The molecule has 0 atom stereocenters. The summed E-state index contributed by atoms with van der Waals surface area (Å²) in [7, 11) is 0. The van der Waals surface area contributed by atoms with Crippen LogP contribution in [0, 0.1) is 17.7 Å². The van der Waals surface area contributed by atoms with E-state index < -0.39 is 11.4 Å². The molecule has 0 unspecified atom stereocenters. The Morgan fingerprint density at radius 2 is 2.07 bits per heavy atom. The van der Waals surface area contributed by atoms with Gasteiger partial charge in [0.15, 0.2) is 5.82 Å². The number of benzene rings is 1. The molecule has 1 N–H and O–H groups in total. The van der Waals surface area contributed by atoms with Crippen molar-refractivity contribution in [3.05, 3.63) is 34.6 Å². The Morgan fingerprint density at radius 3 is 2.64 bits per heavy atom. The van der Waals surface area contributed by atoms with Crippen LogP contribution >= 0.6 is 11.6 Å². The molecule has 0 fully saturated rings. The summed E-state index contributed by atoms with van der Waals surface area (Å²) < 4.78 is 13.3. The van der Waals surface area contributed by atoms with Crippen molar-refractivity contribution in [2.24, 2.45) is 0 Å². The summed E-state index contributed by atoms with van der Waals surface area (Å²) in [6, 6.07) is 4.58. The third-order valence-electron chi connectivity index (χ3n) is 1.45. The van der Waals surface area contributed by atoms with Gasteiger partial charge in [0.1, 0.15) is 5.60 Å². The number of hydrogen-bond donors (Lipinski definition) is 1. The summed E-state index contributed by atoms with van der Waals surface area (Å²) in [6.45, 7) is 3.06. The smallest absolute Gasteiger partial charge is 0.157 e. The molecule has 0 amide bonds. The van der Waals surface area contributed by atoms with Crippen LogP contribution in [0.15, 0.2) is 18.2 Å². The van der Waals surface area contributed by atoms with E-state index in [1.165, 1.54) is 26.0 Å². The fourth-order valence-corrected chi connectivity index (χ4v) is 0.995. The molecule has 0 spiro atoms. The molecule has 0 aliphatic rings. The summed E-state index contributed by atoms with van der Waals surface area (Å²) >= 11 is 5.56. The van der Waals surface area contributed by atoms with Crippen LogP contribution in [-0.4, -0.2) is 10.7 Å². The topological polar surface area (TPSA) is 20.2 Å². The van der Waals surface area contributed by atoms with Gasteiger partial charge in [0, 0.05) is 0 Å². The monoisotopic (exact) mass is 212 g/mol. The zero-order valence-corrected chi connectivity index (χ0v) is 8.69. The normalized spacial score (nSPS) is 10.6. The maximum atomic E-state index is 13.3.